The van der Waals surface area contributed by atoms with Crippen LogP contribution in [0, 0.1) is 5.82 Å². The number of halogens is 1. The molecule has 1 heterocycles. The molecule has 8 heteroatoms. The van der Waals surface area contributed by atoms with Crippen molar-refractivity contribution >= 4 is 27.3 Å². The highest BCUT2D eigenvalue weighted by Gasteiger charge is 2.38. The Morgan fingerprint density at radius 2 is 1.85 bits per heavy atom. The van der Waals surface area contributed by atoms with Crippen LogP contribution in [-0.4, -0.2) is 26.7 Å². The van der Waals surface area contributed by atoms with Gasteiger partial charge in [0.25, 0.3) is 0 Å². The van der Waals surface area contributed by atoms with Gasteiger partial charge in [-0.05, 0) is 61.9 Å². The van der Waals surface area contributed by atoms with Crippen molar-refractivity contribution in [1.29, 1.82) is 0 Å². The number of ether oxygens (including phenoxy) is 1. The van der Waals surface area contributed by atoms with Gasteiger partial charge in [0.1, 0.15) is 23.9 Å². The van der Waals surface area contributed by atoms with Crippen molar-refractivity contribution in [3.63, 3.8) is 0 Å². The van der Waals surface area contributed by atoms with Gasteiger partial charge in [-0.25, -0.2) is 12.8 Å². The summed E-state index contributed by atoms with van der Waals surface area (Å²) in [5, 5.41) is 2.77. The van der Waals surface area contributed by atoms with Gasteiger partial charge in [-0.1, -0.05) is 0 Å². The predicted molar refractivity (Wildman–Crippen MR) is 97.4 cm³/mol. The van der Waals surface area contributed by atoms with Gasteiger partial charge in [0.2, 0.25) is 15.9 Å². The summed E-state index contributed by atoms with van der Waals surface area (Å²) in [6.07, 6.45) is 0. The fourth-order valence-electron chi connectivity index (χ4n) is 2.67. The molecule has 0 saturated heterocycles. The molecule has 1 aliphatic heterocycles. The average Bonchev–Trinajstić information content (AvgIpc) is 2.79. The Balaban J connectivity index is 1.64. The first-order valence-corrected chi connectivity index (χ1v) is 9.67. The number of hydrogen-bond donors (Lipinski definition) is 2. The molecule has 2 aromatic carbocycles. The van der Waals surface area contributed by atoms with Crippen LogP contribution < -0.4 is 14.8 Å². The van der Waals surface area contributed by atoms with Crippen molar-refractivity contribution in [1.82, 2.24) is 0 Å². The number of amides is 1. The number of hydrogen-bond acceptors (Lipinski definition) is 4. The molecule has 1 aliphatic rings. The number of rotatable bonds is 6. The van der Waals surface area contributed by atoms with Crippen molar-refractivity contribution in [2.45, 2.75) is 19.3 Å². The highest BCUT2D eigenvalue weighted by atomic mass is 32.2. The normalized spacial score (nSPS) is 15.3. The maximum Gasteiger partial charge on any atom is 0.236 e. The van der Waals surface area contributed by atoms with Crippen molar-refractivity contribution in [2.75, 3.05) is 22.4 Å². The molecular formula is C18H19FN2O4S. The molecule has 1 amide bonds. The monoisotopic (exact) mass is 378 g/mol. The molecule has 0 saturated carbocycles. The first-order chi connectivity index (χ1) is 12.2. The molecule has 0 aromatic heterocycles. The van der Waals surface area contributed by atoms with Crippen LogP contribution in [0.4, 0.5) is 15.8 Å². The van der Waals surface area contributed by atoms with Crippen molar-refractivity contribution in [3.05, 3.63) is 53.8 Å². The summed E-state index contributed by atoms with van der Waals surface area (Å²) in [6, 6.07) is 10.3. The van der Waals surface area contributed by atoms with Crippen LogP contribution in [0.1, 0.15) is 19.4 Å². The molecule has 26 heavy (non-hydrogen) atoms. The van der Waals surface area contributed by atoms with Gasteiger partial charge in [-0.3, -0.25) is 9.52 Å². The quantitative estimate of drug-likeness (QED) is 0.810. The van der Waals surface area contributed by atoms with E-state index in [-0.39, 0.29) is 24.1 Å². The van der Waals surface area contributed by atoms with Gasteiger partial charge < -0.3 is 10.1 Å². The molecular weight excluding hydrogens is 359 g/mol. The lowest BCUT2D eigenvalue weighted by molar-refractivity contribution is -0.119. The number of carbonyl (C=O) groups excluding carboxylic acids is 1. The lowest BCUT2D eigenvalue weighted by Gasteiger charge is -2.16. The minimum Gasteiger partial charge on any atom is -0.492 e. The Morgan fingerprint density at radius 3 is 2.54 bits per heavy atom. The molecule has 6 nitrogen and oxygen atoms in total. The molecule has 3 rings (SSSR count). The molecule has 0 radical (unpaired) electrons. The number of nitrogens with one attached hydrogen (secondary N) is 2. The van der Waals surface area contributed by atoms with Gasteiger partial charge in [0.05, 0.1) is 5.41 Å². The number of sulfonamides is 1. The van der Waals surface area contributed by atoms with E-state index in [1.165, 1.54) is 24.3 Å². The van der Waals surface area contributed by atoms with E-state index in [0.29, 0.717) is 17.1 Å². The highest BCUT2D eigenvalue weighted by Crippen LogP contribution is 2.38. The standard InChI is InChI=1S/C18H19FN2O4S/c1-18(2)15-11-13(5-8-16(15)20-17(18)22)21-26(23,24)10-9-25-14-6-3-12(19)4-7-14/h3-8,11,21H,9-10H2,1-2H3,(H,20,22). The van der Waals surface area contributed by atoms with Crippen LogP contribution in [0.25, 0.3) is 0 Å². The summed E-state index contributed by atoms with van der Waals surface area (Å²) >= 11 is 0. The van der Waals surface area contributed by atoms with Gasteiger partial charge in [0, 0.05) is 11.4 Å². The highest BCUT2D eigenvalue weighted by molar-refractivity contribution is 7.92. The minimum atomic E-state index is -3.64. The first kappa shape index (κ1) is 18.2. The molecule has 0 fully saturated rings. The van der Waals surface area contributed by atoms with Crippen LogP contribution in [-0.2, 0) is 20.2 Å². The summed E-state index contributed by atoms with van der Waals surface area (Å²) in [5.74, 6) is -0.382. The fraction of sp³-hybridized carbons (Fsp3) is 0.278. The van der Waals surface area contributed by atoms with Crippen LogP contribution in [0.2, 0.25) is 0 Å². The Morgan fingerprint density at radius 1 is 1.15 bits per heavy atom. The van der Waals surface area contributed by atoms with Crippen LogP contribution in [0.3, 0.4) is 0 Å². The summed E-state index contributed by atoms with van der Waals surface area (Å²) in [5.41, 5.74) is 1.09. The zero-order valence-corrected chi connectivity index (χ0v) is 15.2. The van der Waals surface area contributed by atoms with E-state index in [0.717, 1.165) is 5.56 Å². The van der Waals surface area contributed by atoms with E-state index in [9.17, 15) is 17.6 Å². The molecule has 2 aromatic rings. The van der Waals surface area contributed by atoms with Gasteiger partial charge in [0.15, 0.2) is 0 Å². The molecule has 0 atom stereocenters. The zero-order chi connectivity index (χ0) is 18.9. The topological polar surface area (TPSA) is 84.5 Å². The number of carbonyl (C=O) groups is 1. The summed E-state index contributed by atoms with van der Waals surface area (Å²) in [4.78, 5) is 12.0. The number of anilines is 2. The summed E-state index contributed by atoms with van der Waals surface area (Å²) in [7, 11) is -3.64. The molecule has 0 spiro atoms. The van der Waals surface area contributed by atoms with Gasteiger partial charge >= 0.3 is 0 Å². The molecule has 138 valence electrons. The van der Waals surface area contributed by atoms with E-state index in [1.807, 2.05) is 0 Å². The molecule has 2 N–H and O–H groups in total. The fourth-order valence-corrected chi connectivity index (χ4v) is 3.56. The molecule has 0 aliphatic carbocycles. The van der Waals surface area contributed by atoms with Crippen LogP contribution in [0.15, 0.2) is 42.5 Å². The summed E-state index contributed by atoms with van der Waals surface area (Å²) in [6.45, 7) is 3.49. The van der Waals surface area contributed by atoms with Gasteiger partial charge in [-0.15, -0.1) is 0 Å². The maximum atomic E-state index is 12.8. The molecule has 0 unspecified atom stereocenters. The lowest BCUT2D eigenvalue weighted by Crippen LogP contribution is -2.27. The second-order valence-electron chi connectivity index (χ2n) is 6.56. The third-order valence-corrected chi connectivity index (χ3v) is 5.47. The van der Waals surface area contributed by atoms with E-state index < -0.39 is 15.4 Å². The van der Waals surface area contributed by atoms with Crippen molar-refractivity contribution in [3.8, 4) is 5.75 Å². The number of fused-ring (bicyclic) bond motifs is 1. The zero-order valence-electron chi connectivity index (χ0n) is 14.4. The second-order valence-corrected chi connectivity index (χ2v) is 8.40. The van der Waals surface area contributed by atoms with E-state index in [4.69, 9.17) is 4.74 Å². The third kappa shape index (κ3) is 3.80. The Kier molecular flexibility index (Phi) is 4.62. The second kappa shape index (κ2) is 6.60. The predicted octanol–water partition coefficient (Wildman–Crippen LogP) is 2.88. The van der Waals surface area contributed by atoms with Crippen molar-refractivity contribution < 1.29 is 22.3 Å². The first-order valence-electron chi connectivity index (χ1n) is 8.02. The third-order valence-electron chi connectivity index (χ3n) is 4.22. The van der Waals surface area contributed by atoms with Crippen LogP contribution in [0.5, 0.6) is 5.75 Å². The van der Waals surface area contributed by atoms with E-state index in [1.54, 1.807) is 32.0 Å². The van der Waals surface area contributed by atoms with Crippen LogP contribution >= 0.6 is 0 Å². The van der Waals surface area contributed by atoms with E-state index >= 15 is 0 Å². The van der Waals surface area contributed by atoms with Crippen molar-refractivity contribution in [2.24, 2.45) is 0 Å². The lowest BCUT2D eigenvalue weighted by atomic mass is 9.86. The maximum absolute atomic E-state index is 12.8. The largest absolute Gasteiger partial charge is 0.492 e. The smallest absolute Gasteiger partial charge is 0.236 e. The Hall–Kier alpha value is -2.61. The molecule has 0 bridgehead atoms. The SMILES string of the molecule is CC1(C)C(=O)Nc2ccc(NS(=O)(=O)CCOc3ccc(F)cc3)cc21. The summed E-state index contributed by atoms with van der Waals surface area (Å²) < 4.78 is 45.1. The Labute approximate surface area is 151 Å². The van der Waals surface area contributed by atoms with Gasteiger partial charge in [-0.2, -0.15) is 0 Å². The van der Waals surface area contributed by atoms with E-state index in [2.05, 4.69) is 10.0 Å². The number of benzene rings is 2. The minimum absolute atomic E-state index is 0.0720. The average molecular weight is 378 g/mol. The Bertz CT molecular complexity index is 940.